The summed E-state index contributed by atoms with van der Waals surface area (Å²) in [6.45, 7) is 3.06. The van der Waals surface area contributed by atoms with Crippen molar-refractivity contribution in [3.8, 4) is 0 Å². The van der Waals surface area contributed by atoms with Gasteiger partial charge in [0.05, 0.1) is 25.6 Å². The fourth-order valence-corrected chi connectivity index (χ4v) is 2.52. The summed E-state index contributed by atoms with van der Waals surface area (Å²) in [6.07, 6.45) is 2.42. The third-order valence-electron chi connectivity index (χ3n) is 3.73. The van der Waals surface area contributed by atoms with Gasteiger partial charge >= 0.3 is 11.9 Å². The van der Waals surface area contributed by atoms with Crippen molar-refractivity contribution >= 4 is 11.9 Å². The molecule has 4 atom stereocenters. The van der Waals surface area contributed by atoms with Gasteiger partial charge in [0.25, 0.3) is 0 Å². The van der Waals surface area contributed by atoms with Gasteiger partial charge in [-0.3, -0.25) is 9.59 Å². The molecule has 18 heavy (non-hydrogen) atoms. The Bertz CT molecular complexity index is 323. The molecule has 0 N–H and O–H groups in total. The molecule has 0 aromatic heterocycles. The van der Waals surface area contributed by atoms with E-state index in [9.17, 15) is 9.59 Å². The summed E-state index contributed by atoms with van der Waals surface area (Å²) < 4.78 is 15.0. The molecule has 1 saturated heterocycles. The molecule has 4 unspecified atom stereocenters. The van der Waals surface area contributed by atoms with Crippen LogP contribution in [-0.4, -0.2) is 38.4 Å². The molecule has 2 fully saturated rings. The summed E-state index contributed by atoms with van der Waals surface area (Å²) in [4.78, 5) is 23.7. The van der Waals surface area contributed by atoms with Gasteiger partial charge in [-0.25, -0.2) is 0 Å². The van der Waals surface area contributed by atoms with Crippen molar-refractivity contribution in [3.63, 3.8) is 0 Å². The highest BCUT2D eigenvalue weighted by Crippen LogP contribution is 2.35. The Labute approximate surface area is 107 Å². The number of epoxide rings is 1. The zero-order chi connectivity index (χ0) is 13.1. The molecule has 2 rings (SSSR count). The number of carbonyl (C=O) groups is 2. The van der Waals surface area contributed by atoms with Crippen LogP contribution in [-0.2, 0) is 23.8 Å². The maximum atomic E-state index is 12.0. The molecule has 1 saturated carbocycles. The lowest BCUT2D eigenvalue weighted by Gasteiger charge is -2.31. The standard InChI is InChI=1S/C13H20O5/c1-8-3-4-10(12(14)16-2)11(5-8)13(15)18-7-9-6-17-9/h8-11H,3-7H2,1-2H3. The van der Waals surface area contributed by atoms with E-state index in [0.717, 1.165) is 6.42 Å². The zero-order valence-electron chi connectivity index (χ0n) is 10.9. The average Bonchev–Trinajstić information content (AvgIpc) is 3.19. The van der Waals surface area contributed by atoms with Crippen molar-refractivity contribution in [1.29, 1.82) is 0 Å². The van der Waals surface area contributed by atoms with Crippen LogP contribution in [0.3, 0.4) is 0 Å². The molecule has 5 nitrogen and oxygen atoms in total. The fraction of sp³-hybridized carbons (Fsp3) is 0.846. The number of esters is 2. The Morgan fingerprint density at radius 1 is 1.22 bits per heavy atom. The van der Waals surface area contributed by atoms with Gasteiger partial charge in [0.2, 0.25) is 0 Å². The van der Waals surface area contributed by atoms with Gasteiger partial charge < -0.3 is 14.2 Å². The van der Waals surface area contributed by atoms with Gasteiger partial charge in [0, 0.05) is 0 Å². The molecule has 2 aliphatic rings. The minimum absolute atomic E-state index is 0.0616. The van der Waals surface area contributed by atoms with Crippen molar-refractivity contribution in [1.82, 2.24) is 0 Å². The summed E-state index contributed by atoms with van der Waals surface area (Å²) in [7, 11) is 1.36. The second-order valence-electron chi connectivity index (χ2n) is 5.24. The van der Waals surface area contributed by atoms with Gasteiger partial charge in [-0.1, -0.05) is 6.92 Å². The number of carbonyl (C=O) groups excluding carboxylic acids is 2. The van der Waals surface area contributed by atoms with E-state index in [1.807, 2.05) is 0 Å². The van der Waals surface area contributed by atoms with E-state index in [0.29, 0.717) is 32.0 Å². The Kier molecular flexibility index (Phi) is 4.22. The highest BCUT2D eigenvalue weighted by molar-refractivity contribution is 5.82. The van der Waals surface area contributed by atoms with Crippen LogP contribution >= 0.6 is 0 Å². The van der Waals surface area contributed by atoms with Gasteiger partial charge in [-0.05, 0) is 25.2 Å². The maximum absolute atomic E-state index is 12.0. The average molecular weight is 256 g/mol. The Morgan fingerprint density at radius 2 is 1.94 bits per heavy atom. The number of rotatable bonds is 4. The highest BCUT2D eigenvalue weighted by atomic mass is 16.6. The monoisotopic (exact) mass is 256 g/mol. The molecule has 1 aliphatic heterocycles. The SMILES string of the molecule is COC(=O)C1CCC(C)CC1C(=O)OCC1CO1. The third-order valence-corrected chi connectivity index (χ3v) is 3.73. The molecule has 1 aliphatic carbocycles. The van der Waals surface area contributed by atoms with Crippen molar-refractivity contribution in [2.45, 2.75) is 32.3 Å². The number of hydrogen-bond acceptors (Lipinski definition) is 5. The zero-order valence-corrected chi connectivity index (χ0v) is 10.9. The molecule has 1 heterocycles. The van der Waals surface area contributed by atoms with Crippen LogP contribution in [0.4, 0.5) is 0 Å². The predicted molar refractivity (Wildman–Crippen MR) is 62.7 cm³/mol. The minimum Gasteiger partial charge on any atom is -0.469 e. The quantitative estimate of drug-likeness (QED) is 0.557. The Hall–Kier alpha value is -1.10. The van der Waals surface area contributed by atoms with Crippen LogP contribution in [0.25, 0.3) is 0 Å². The lowest BCUT2D eigenvalue weighted by atomic mass is 9.74. The smallest absolute Gasteiger partial charge is 0.309 e. The van der Waals surface area contributed by atoms with Crippen LogP contribution < -0.4 is 0 Å². The first-order chi connectivity index (χ1) is 8.61. The van der Waals surface area contributed by atoms with E-state index in [4.69, 9.17) is 14.2 Å². The normalized spacial score (nSPS) is 34.8. The van der Waals surface area contributed by atoms with E-state index in [1.54, 1.807) is 0 Å². The Morgan fingerprint density at radius 3 is 2.56 bits per heavy atom. The summed E-state index contributed by atoms with van der Waals surface area (Å²) in [5.41, 5.74) is 0. The molecular weight excluding hydrogens is 236 g/mol. The lowest BCUT2D eigenvalue weighted by Crippen LogP contribution is -2.37. The molecule has 0 radical (unpaired) electrons. The van der Waals surface area contributed by atoms with Gasteiger partial charge in [-0.15, -0.1) is 0 Å². The van der Waals surface area contributed by atoms with E-state index >= 15 is 0 Å². The predicted octanol–water partition coefficient (Wildman–Crippen LogP) is 1.15. The van der Waals surface area contributed by atoms with Crippen molar-refractivity contribution in [2.75, 3.05) is 20.3 Å². The fourth-order valence-electron chi connectivity index (χ4n) is 2.52. The van der Waals surface area contributed by atoms with E-state index in [-0.39, 0.29) is 29.9 Å². The van der Waals surface area contributed by atoms with E-state index in [1.165, 1.54) is 7.11 Å². The van der Waals surface area contributed by atoms with Gasteiger partial charge in [0.1, 0.15) is 12.7 Å². The first-order valence-corrected chi connectivity index (χ1v) is 6.48. The number of hydrogen-bond donors (Lipinski definition) is 0. The summed E-state index contributed by atoms with van der Waals surface area (Å²) in [5, 5.41) is 0. The lowest BCUT2D eigenvalue weighted by molar-refractivity contribution is -0.162. The summed E-state index contributed by atoms with van der Waals surface area (Å²) >= 11 is 0. The topological polar surface area (TPSA) is 65.1 Å². The van der Waals surface area contributed by atoms with Crippen LogP contribution in [0.1, 0.15) is 26.2 Å². The third kappa shape index (κ3) is 3.22. The molecule has 0 amide bonds. The second kappa shape index (κ2) is 5.69. The molecule has 0 aromatic rings. The summed E-state index contributed by atoms with van der Waals surface area (Å²) in [5.74, 6) is -0.849. The Balaban J connectivity index is 1.94. The minimum atomic E-state index is -0.361. The first kappa shape index (κ1) is 13.3. The summed E-state index contributed by atoms with van der Waals surface area (Å²) in [6, 6.07) is 0. The number of ether oxygens (including phenoxy) is 3. The van der Waals surface area contributed by atoms with Crippen molar-refractivity contribution in [2.24, 2.45) is 17.8 Å². The van der Waals surface area contributed by atoms with Crippen LogP contribution in [0.5, 0.6) is 0 Å². The van der Waals surface area contributed by atoms with Gasteiger partial charge in [-0.2, -0.15) is 0 Å². The first-order valence-electron chi connectivity index (χ1n) is 6.48. The molecule has 0 bridgehead atoms. The second-order valence-corrected chi connectivity index (χ2v) is 5.24. The number of methoxy groups -OCH3 is 1. The van der Waals surface area contributed by atoms with E-state index in [2.05, 4.69) is 6.92 Å². The van der Waals surface area contributed by atoms with Crippen molar-refractivity contribution in [3.05, 3.63) is 0 Å². The molecule has 5 heteroatoms. The van der Waals surface area contributed by atoms with Gasteiger partial charge in [0.15, 0.2) is 0 Å². The molecular formula is C13H20O5. The largest absolute Gasteiger partial charge is 0.469 e. The molecule has 0 aromatic carbocycles. The van der Waals surface area contributed by atoms with Crippen LogP contribution in [0, 0.1) is 17.8 Å². The van der Waals surface area contributed by atoms with Crippen molar-refractivity contribution < 1.29 is 23.8 Å². The van der Waals surface area contributed by atoms with E-state index < -0.39 is 0 Å². The maximum Gasteiger partial charge on any atom is 0.309 e. The molecule has 102 valence electrons. The van der Waals surface area contributed by atoms with Crippen LogP contribution in [0.15, 0.2) is 0 Å². The van der Waals surface area contributed by atoms with Crippen LogP contribution in [0.2, 0.25) is 0 Å². The highest BCUT2D eigenvalue weighted by Gasteiger charge is 2.40. The molecule has 0 spiro atoms.